The number of likely N-dealkylation sites (N-methyl/N-ethyl adjacent to an activating group) is 1. The van der Waals surface area contributed by atoms with E-state index in [2.05, 4.69) is 13.5 Å². The molecule has 0 bridgehead atoms. The van der Waals surface area contributed by atoms with E-state index in [0.717, 1.165) is 31.6 Å². The van der Waals surface area contributed by atoms with Crippen LogP contribution in [0.25, 0.3) is 0 Å². The molecule has 3 nitrogen and oxygen atoms in total. The molecule has 0 aliphatic heterocycles. The Kier molecular flexibility index (Phi) is 8.47. The number of hydrogen-bond acceptors (Lipinski definition) is 2. The predicted molar refractivity (Wildman–Crippen MR) is 94.5 cm³/mol. The average Bonchev–Trinajstić information content (AvgIpc) is 2.46. The molecule has 126 valence electrons. The maximum absolute atomic E-state index is 12.3. The van der Waals surface area contributed by atoms with E-state index in [9.17, 15) is 4.79 Å². The fourth-order valence-corrected chi connectivity index (χ4v) is 3.17. The Labute approximate surface area is 136 Å². The van der Waals surface area contributed by atoms with Crippen LogP contribution in [0.1, 0.15) is 58.8 Å². The number of rotatable bonds is 4. The Morgan fingerprint density at radius 3 is 2.18 bits per heavy atom. The number of allylic oxidation sites excluding steroid dienone is 3. The Hall–Kier alpha value is -1.09. The smallest absolute Gasteiger partial charge is 0.239 e. The Morgan fingerprint density at radius 2 is 1.82 bits per heavy atom. The molecule has 3 heteroatoms. The molecule has 0 aromatic rings. The number of carbonyl (C=O) groups excluding carboxylic acids is 1. The van der Waals surface area contributed by atoms with E-state index in [1.165, 1.54) is 19.3 Å². The van der Waals surface area contributed by atoms with Gasteiger partial charge in [-0.3, -0.25) is 4.79 Å². The lowest BCUT2D eigenvalue weighted by Crippen LogP contribution is -2.52. The third-order valence-corrected chi connectivity index (χ3v) is 5.15. The molecule has 0 saturated heterocycles. The van der Waals surface area contributed by atoms with Gasteiger partial charge in [-0.2, -0.15) is 0 Å². The quantitative estimate of drug-likeness (QED) is 0.801. The first-order chi connectivity index (χ1) is 10.5. The summed E-state index contributed by atoms with van der Waals surface area (Å²) in [4.78, 5) is 14.2. The van der Waals surface area contributed by atoms with Gasteiger partial charge in [0.15, 0.2) is 0 Å². The third kappa shape index (κ3) is 5.60. The van der Waals surface area contributed by atoms with Crippen molar-refractivity contribution >= 4 is 5.91 Å². The van der Waals surface area contributed by atoms with Crippen LogP contribution in [-0.2, 0) is 4.79 Å². The van der Waals surface area contributed by atoms with Crippen LogP contribution in [0.2, 0.25) is 0 Å². The van der Waals surface area contributed by atoms with Crippen LogP contribution < -0.4 is 5.73 Å². The molecule has 22 heavy (non-hydrogen) atoms. The van der Waals surface area contributed by atoms with Gasteiger partial charge in [-0.25, -0.2) is 0 Å². The van der Waals surface area contributed by atoms with Crippen LogP contribution in [0.5, 0.6) is 0 Å². The molecule has 0 aromatic carbocycles. The first-order valence-corrected chi connectivity index (χ1v) is 8.77. The highest BCUT2D eigenvalue weighted by atomic mass is 16.2. The zero-order valence-corrected chi connectivity index (χ0v) is 14.6. The molecule has 0 unspecified atom stereocenters. The summed E-state index contributed by atoms with van der Waals surface area (Å²) in [6, 6.07) is 0.212. The lowest BCUT2D eigenvalue weighted by Gasteiger charge is -2.38. The van der Waals surface area contributed by atoms with Crippen molar-refractivity contribution in [2.75, 3.05) is 7.05 Å². The fraction of sp³-hybridized carbons (Fsp3) is 0.737. The van der Waals surface area contributed by atoms with Crippen molar-refractivity contribution in [3.63, 3.8) is 0 Å². The second-order valence-corrected chi connectivity index (χ2v) is 6.84. The van der Waals surface area contributed by atoms with Crippen LogP contribution in [-0.4, -0.2) is 29.9 Å². The van der Waals surface area contributed by atoms with Crippen LogP contribution >= 0.6 is 0 Å². The summed E-state index contributed by atoms with van der Waals surface area (Å²) in [5, 5.41) is 0. The summed E-state index contributed by atoms with van der Waals surface area (Å²) in [5.41, 5.74) is 6.16. The summed E-state index contributed by atoms with van der Waals surface area (Å²) in [6.45, 7) is 7.72. The molecule has 1 atom stereocenters. The van der Waals surface area contributed by atoms with Gasteiger partial charge in [-0.1, -0.05) is 44.6 Å². The van der Waals surface area contributed by atoms with Crippen molar-refractivity contribution in [3.05, 3.63) is 24.8 Å². The normalized spacial score (nSPS) is 26.5. The Balaban J connectivity index is 0.000000422. The molecule has 0 spiro atoms. The summed E-state index contributed by atoms with van der Waals surface area (Å²) in [6.07, 6.45) is 13.9. The third-order valence-electron chi connectivity index (χ3n) is 5.15. The van der Waals surface area contributed by atoms with Crippen molar-refractivity contribution in [1.29, 1.82) is 0 Å². The van der Waals surface area contributed by atoms with Gasteiger partial charge in [0.05, 0.1) is 6.04 Å². The van der Waals surface area contributed by atoms with Crippen molar-refractivity contribution < 1.29 is 4.79 Å². The average molecular weight is 306 g/mol. The van der Waals surface area contributed by atoms with Crippen LogP contribution in [0.3, 0.4) is 0 Å². The van der Waals surface area contributed by atoms with E-state index < -0.39 is 0 Å². The molecule has 0 heterocycles. The minimum absolute atomic E-state index is 0.175. The van der Waals surface area contributed by atoms with E-state index in [0.29, 0.717) is 12.0 Å². The molecule has 0 radical (unpaired) electrons. The Bertz CT molecular complexity index is 366. The highest BCUT2D eigenvalue weighted by Gasteiger charge is 2.33. The number of carbonyl (C=O) groups is 1. The standard InChI is InChI=1S/C14H26N2O.C5H8/c1-10-6-8-11(9-7-10)13(15)14(17)16(2)12-4-3-5-12;1-3-5-4-2/h10-13H,3-9,15H2,1-2H3;3-5H,1H2,2H3/b;5-4-/t10?,11?,13-;/m0./s1. The number of nitrogens with zero attached hydrogens (tertiary/aromatic N) is 1. The summed E-state index contributed by atoms with van der Waals surface area (Å²) in [7, 11) is 1.93. The molecule has 2 aliphatic rings. The molecule has 2 aliphatic carbocycles. The maximum atomic E-state index is 12.3. The number of hydrogen-bond donors (Lipinski definition) is 1. The first kappa shape index (κ1) is 19.0. The molecular formula is C19H34N2O. The van der Waals surface area contributed by atoms with E-state index in [1.54, 1.807) is 6.08 Å². The lowest BCUT2D eigenvalue weighted by atomic mass is 9.79. The van der Waals surface area contributed by atoms with Crippen molar-refractivity contribution in [2.24, 2.45) is 17.6 Å². The molecule has 2 rings (SSSR count). The maximum Gasteiger partial charge on any atom is 0.239 e. The monoisotopic (exact) mass is 306 g/mol. The van der Waals surface area contributed by atoms with Gasteiger partial charge in [-0.15, -0.1) is 0 Å². The SMILES string of the molecule is C=C/C=C\C.CC1CCC([C@H](N)C(=O)N(C)C2CCC2)CC1. The molecule has 2 N–H and O–H groups in total. The van der Waals surface area contributed by atoms with Crippen LogP contribution in [0.4, 0.5) is 0 Å². The minimum atomic E-state index is -0.256. The van der Waals surface area contributed by atoms with Crippen molar-refractivity contribution in [1.82, 2.24) is 4.90 Å². The van der Waals surface area contributed by atoms with Crippen molar-refractivity contribution in [3.8, 4) is 0 Å². The van der Waals surface area contributed by atoms with Gasteiger partial charge in [0.2, 0.25) is 5.91 Å². The largest absolute Gasteiger partial charge is 0.341 e. The summed E-state index contributed by atoms with van der Waals surface area (Å²) in [5.74, 6) is 1.41. The number of amides is 1. The van der Waals surface area contributed by atoms with Gasteiger partial charge in [0.1, 0.15) is 0 Å². The number of nitrogens with two attached hydrogens (primary N) is 1. The fourth-order valence-electron chi connectivity index (χ4n) is 3.17. The lowest BCUT2D eigenvalue weighted by molar-refractivity contribution is -0.136. The zero-order valence-electron chi connectivity index (χ0n) is 14.6. The van der Waals surface area contributed by atoms with E-state index in [-0.39, 0.29) is 11.9 Å². The van der Waals surface area contributed by atoms with Crippen LogP contribution in [0, 0.1) is 11.8 Å². The highest BCUT2D eigenvalue weighted by molar-refractivity contribution is 5.82. The Morgan fingerprint density at radius 1 is 1.23 bits per heavy atom. The topological polar surface area (TPSA) is 46.3 Å². The molecule has 2 saturated carbocycles. The van der Waals surface area contributed by atoms with E-state index in [1.807, 2.05) is 31.0 Å². The van der Waals surface area contributed by atoms with Crippen molar-refractivity contribution in [2.45, 2.75) is 70.9 Å². The second-order valence-electron chi connectivity index (χ2n) is 6.84. The summed E-state index contributed by atoms with van der Waals surface area (Å²) < 4.78 is 0. The van der Waals surface area contributed by atoms with Gasteiger partial charge in [0.25, 0.3) is 0 Å². The summed E-state index contributed by atoms with van der Waals surface area (Å²) >= 11 is 0. The van der Waals surface area contributed by atoms with Crippen LogP contribution in [0.15, 0.2) is 24.8 Å². The molecule has 2 fully saturated rings. The molecule has 1 amide bonds. The van der Waals surface area contributed by atoms with Gasteiger partial charge >= 0.3 is 0 Å². The van der Waals surface area contributed by atoms with Gasteiger partial charge in [-0.05, 0) is 50.9 Å². The first-order valence-electron chi connectivity index (χ1n) is 8.77. The van der Waals surface area contributed by atoms with Gasteiger partial charge < -0.3 is 10.6 Å². The van der Waals surface area contributed by atoms with E-state index in [4.69, 9.17) is 5.73 Å². The zero-order chi connectivity index (χ0) is 16.5. The minimum Gasteiger partial charge on any atom is -0.341 e. The second kappa shape index (κ2) is 9.83. The molecule has 0 aromatic heterocycles. The van der Waals surface area contributed by atoms with E-state index >= 15 is 0 Å². The van der Waals surface area contributed by atoms with Gasteiger partial charge in [0, 0.05) is 13.1 Å². The highest BCUT2D eigenvalue weighted by Crippen LogP contribution is 2.31. The predicted octanol–water partition coefficient (Wildman–Crippen LogP) is 3.90. The molecular weight excluding hydrogens is 272 g/mol.